The molecule has 1 spiro atoms. The van der Waals surface area contributed by atoms with Gasteiger partial charge in [0.15, 0.2) is 11.6 Å². The summed E-state index contributed by atoms with van der Waals surface area (Å²) in [6.45, 7) is 0.429. The van der Waals surface area contributed by atoms with Gasteiger partial charge in [-0.2, -0.15) is 0 Å². The Labute approximate surface area is 158 Å². The number of carbonyl (C=O) groups excluding carboxylic acids is 1. The molecular weight excluding hydrogens is 345 g/mol. The number of anilines is 1. The normalized spacial score (nSPS) is 28.0. The SMILES string of the molecule is CN(C)[C@]1(c2ccccc2)CC[C@@]2(CC1)CN(c1ncncc1F)C(=O)N2. The summed E-state index contributed by atoms with van der Waals surface area (Å²) in [6.07, 6.45) is 5.86. The van der Waals surface area contributed by atoms with Crippen molar-refractivity contribution in [3.05, 3.63) is 54.2 Å². The number of nitrogens with one attached hydrogen (secondary N) is 1. The number of amides is 2. The summed E-state index contributed by atoms with van der Waals surface area (Å²) >= 11 is 0. The minimum Gasteiger partial charge on any atom is -0.330 e. The number of hydrogen-bond donors (Lipinski definition) is 1. The third-order valence-corrected chi connectivity index (χ3v) is 6.18. The topological polar surface area (TPSA) is 61.4 Å². The number of nitrogens with zero attached hydrogens (tertiary/aromatic N) is 4. The fourth-order valence-corrected chi connectivity index (χ4v) is 4.55. The van der Waals surface area contributed by atoms with Crippen LogP contribution in [0.15, 0.2) is 42.9 Å². The van der Waals surface area contributed by atoms with E-state index in [-0.39, 0.29) is 22.9 Å². The summed E-state index contributed by atoms with van der Waals surface area (Å²) in [5, 5.41) is 3.11. The zero-order valence-corrected chi connectivity index (χ0v) is 15.7. The van der Waals surface area contributed by atoms with Gasteiger partial charge in [0.25, 0.3) is 0 Å². The second kappa shape index (κ2) is 6.56. The number of aromatic nitrogens is 2. The largest absolute Gasteiger partial charge is 0.330 e. The summed E-state index contributed by atoms with van der Waals surface area (Å²) in [5.74, 6) is -0.528. The molecule has 4 rings (SSSR count). The quantitative estimate of drug-likeness (QED) is 0.904. The van der Waals surface area contributed by atoms with Crippen LogP contribution in [0.3, 0.4) is 0 Å². The second-order valence-electron chi connectivity index (χ2n) is 7.78. The average Bonchev–Trinajstić information content (AvgIpc) is 2.99. The van der Waals surface area contributed by atoms with Gasteiger partial charge in [-0.15, -0.1) is 0 Å². The van der Waals surface area contributed by atoms with Crippen molar-refractivity contribution in [1.29, 1.82) is 0 Å². The van der Waals surface area contributed by atoms with Crippen LogP contribution in [0.1, 0.15) is 31.2 Å². The van der Waals surface area contributed by atoms with Gasteiger partial charge in [0.05, 0.1) is 18.3 Å². The Morgan fingerprint density at radius 3 is 2.48 bits per heavy atom. The fourth-order valence-electron chi connectivity index (χ4n) is 4.55. The van der Waals surface area contributed by atoms with E-state index in [1.54, 1.807) is 0 Å². The van der Waals surface area contributed by atoms with Crippen molar-refractivity contribution in [2.24, 2.45) is 0 Å². The number of rotatable bonds is 3. The molecule has 1 aromatic carbocycles. The lowest BCUT2D eigenvalue weighted by Gasteiger charge is -2.48. The van der Waals surface area contributed by atoms with Crippen LogP contribution in [0.2, 0.25) is 0 Å². The highest BCUT2D eigenvalue weighted by molar-refractivity contribution is 5.94. The Bertz CT molecular complexity index is 833. The van der Waals surface area contributed by atoms with E-state index in [2.05, 4.69) is 58.5 Å². The average molecular weight is 369 g/mol. The molecule has 1 N–H and O–H groups in total. The van der Waals surface area contributed by atoms with Crippen LogP contribution in [0.25, 0.3) is 0 Å². The van der Waals surface area contributed by atoms with Gasteiger partial charge in [-0.1, -0.05) is 30.3 Å². The van der Waals surface area contributed by atoms with Gasteiger partial charge in [0.1, 0.15) is 6.33 Å². The summed E-state index contributed by atoms with van der Waals surface area (Å²) in [6, 6.07) is 10.2. The molecular formula is C20H24FN5O. The predicted molar refractivity (Wildman–Crippen MR) is 101 cm³/mol. The molecule has 27 heavy (non-hydrogen) atoms. The van der Waals surface area contributed by atoms with Crippen LogP contribution in [-0.2, 0) is 5.54 Å². The second-order valence-corrected chi connectivity index (χ2v) is 7.78. The number of urea groups is 1. The summed E-state index contributed by atoms with van der Waals surface area (Å²) < 4.78 is 14.1. The first kappa shape index (κ1) is 17.9. The molecule has 1 saturated heterocycles. The minimum absolute atomic E-state index is 0.0480. The molecule has 7 heteroatoms. The molecule has 2 aliphatic rings. The Morgan fingerprint density at radius 2 is 1.85 bits per heavy atom. The Hall–Kier alpha value is -2.54. The van der Waals surface area contributed by atoms with E-state index in [1.165, 1.54) is 16.8 Å². The molecule has 142 valence electrons. The molecule has 6 nitrogen and oxygen atoms in total. The van der Waals surface area contributed by atoms with Crippen molar-refractivity contribution in [2.45, 2.75) is 36.8 Å². The highest BCUT2D eigenvalue weighted by Gasteiger charge is 2.50. The molecule has 1 saturated carbocycles. The summed E-state index contributed by atoms with van der Waals surface area (Å²) in [4.78, 5) is 23.9. The standard InChI is InChI=1S/C20H24FN5O/c1-25(2)20(15-6-4-3-5-7-15)10-8-19(9-11-20)13-26(18(27)24-19)17-16(21)12-22-14-23-17/h3-7,12,14H,8-11,13H2,1-2H3,(H,24,27)/t19-,20-. The molecule has 1 aliphatic carbocycles. The summed E-state index contributed by atoms with van der Waals surface area (Å²) in [5.41, 5.74) is 0.904. The Kier molecular flexibility index (Phi) is 4.34. The monoisotopic (exact) mass is 369 g/mol. The van der Waals surface area contributed by atoms with E-state index in [0.29, 0.717) is 6.54 Å². The first-order valence-electron chi connectivity index (χ1n) is 9.24. The smallest absolute Gasteiger partial charge is 0.323 e. The number of hydrogen-bond acceptors (Lipinski definition) is 4. The molecule has 0 radical (unpaired) electrons. The van der Waals surface area contributed by atoms with E-state index in [0.717, 1.165) is 31.9 Å². The molecule has 2 amide bonds. The molecule has 0 unspecified atom stereocenters. The zero-order valence-electron chi connectivity index (χ0n) is 15.7. The van der Waals surface area contributed by atoms with Crippen LogP contribution in [0.5, 0.6) is 0 Å². The van der Waals surface area contributed by atoms with Crippen molar-refractivity contribution in [1.82, 2.24) is 20.2 Å². The van der Waals surface area contributed by atoms with Gasteiger partial charge in [-0.25, -0.2) is 19.2 Å². The third kappa shape index (κ3) is 2.96. The van der Waals surface area contributed by atoms with Gasteiger partial charge in [0.2, 0.25) is 0 Å². The molecule has 0 atom stereocenters. The molecule has 0 bridgehead atoms. The van der Waals surface area contributed by atoms with Crippen LogP contribution in [-0.4, -0.2) is 47.1 Å². The van der Waals surface area contributed by atoms with Gasteiger partial charge < -0.3 is 5.32 Å². The third-order valence-electron chi connectivity index (χ3n) is 6.18. The van der Waals surface area contributed by atoms with Crippen LogP contribution in [0, 0.1) is 5.82 Å². The van der Waals surface area contributed by atoms with E-state index >= 15 is 0 Å². The molecule has 2 aromatic rings. The van der Waals surface area contributed by atoms with Gasteiger partial charge in [-0.3, -0.25) is 9.80 Å². The lowest BCUT2D eigenvalue weighted by atomic mass is 9.69. The zero-order chi connectivity index (χ0) is 19.1. The maximum atomic E-state index is 14.1. The van der Waals surface area contributed by atoms with E-state index in [4.69, 9.17) is 0 Å². The maximum Gasteiger partial charge on any atom is 0.323 e. The fraction of sp³-hybridized carbons (Fsp3) is 0.450. The van der Waals surface area contributed by atoms with Crippen molar-refractivity contribution in [3.8, 4) is 0 Å². The Morgan fingerprint density at radius 1 is 1.15 bits per heavy atom. The van der Waals surface area contributed by atoms with E-state index in [1.807, 2.05) is 6.07 Å². The number of halogens is 1. The van der Waals surface area contributed by atoms with Crippen molar-refractivity contribution in [3.63, 3.8) is 0 Å². The lowest BCUT2D eigenvalue weighted by molar-refractivity contribution is 0.0657. The van der Waals surface area contributed by atoms with Crippen molar-refractivity contribution in [2.75, 3.05) is 25.5 Å². The van der Waals surface area contributed by atoms with Crippen LogP contribution in [0.4, 0.5) is 15.0 Å². The highest BCUT2D eigenvalue weighted by Crippen LogP contribution is 2.46. The highest BCUT2D eigenvalue weighted by atomic mass is 19.1. The molecule has 2 fully saturated rings. The minimum atomic E-state index is -0.576. The first-order chi connectivity index (χ1) is 13.0. The van der Waals surface area contributed by atoms with Gasteiger partial charge in [0, 0.05) is 5.54 Å². The van der Waals surface area contributed by atoms with E-state index < -0.39 is 5.82 Å². The molecule has 1 aliphatic heterocycles. The van der Waals surface area contributed by atoms with E-state index in [9.17, 15) is 9.18 Å². The first-order valence-corrected chi connectivity index (χ1v) is 9.24. The van der Waals surface area contributed by atoms with Gasteiger partial charge >= 0.3 is 6.03 Å². The number of carbonyl (C=O) groups is 1. The lowest BCUT2D eigenvalue weighted by Crippen LogP contribution is -2.54. The Balaban J connectivity index is 1.57. The van der Waals surface area contributed by atoms with Gasteiger partial charge in [-0.05, 0) is 45.3 Å². The molecule has 1 aromatic heterocycles. The number of benzene rings is 1. The molecule has 2 heterocycles. The van der Waals surface area contributed by atoms with Crippen molar-refractivity contribution >= 4 is 11.8 Å². The van der Waals surface area contributed by atoms with Crippen LogP contribution < -0.4 is 10.2 Å². The predicted octanol–water partition coefficient (Wildman–Crippen LogP) is 2.92. The maximum absolute atomic E-state index is 14.1. The van der Waals surface area contributed by atoms with Crippen LogP contribution >= 0.6 is 0 Å². The summed E-state index contributed by atoms with van der Waals surface area (Å²) in [7, 11) is 4.22. The van der Waals surface area contributed by atoms with Crippen molar-refractivity contribution < 1.29 is 9.18 Å².